The highest BCUT2D eigenvalue weighted by atomic mass is 16.6. The molecule has 3 atom stereocenters. The predicted molar refractivity (Wildman–Crippen MR) is 79.7 cm³/mol. The van der Waals surface area contributed by atoms with Gasteiger partial charge in [0, 0.05) is 26.0 Å². The van der Waals surface area contributed by atoms with Crippen LogP contribution in [0.1, 0.15) is 38.5 Å². The molecular formula is C15H18N2O6. The van der Waals surface area contributed by atoms with Crippen LogP contribution in [0, 0.1) is 11.8 Å². The van der Waals surface area contributed by atoms with Crippen LogP contribution in [-0.2, 0) is 14.3 Å². The van der Waals surface area contributed by atoms with Crippen LogP contribution >= 0.6 is 0 Å². The lowest BCUT2D eigenvalue weighted by Gasteiger charge is -2.15. The molecule has 124 valence electrons. The number of aliphatic hydroxyl groups excluding tert-OH is 1. The van der Waals surface area contributed by atoms with Crippen LogP contribution in [0.2, 0.25) is 0 Å². The first-order valence-electron chi connectivity index (χ1n) is 7.24. The molecule has 1 fully saturated rings. The summed E-state index contributed by atoms with van der Waals surface area (Å²) in [5.74, 6) is 4.94. The first-order valence-corrected chi connectivity index (χ1v) is 7.24. The van der Waals surface area contributed by atoms with Gasteiger partial charge in [-0.15, -0.1) is 0 Å². The molecule has 23 heavy (non-hydrogen) atoms. The molecule has 1 unspecified atom stereocenters. The van der Waals surface area contributed by atoms with E-state index in [1.54, 1.807) is 0 Å². The maximum absolute atomic E-state index is 12.0. The highest BCUT2D eigenvalue weighted by Gasteiger charge is 2.38. The number of rotatable bonds is 3. The third kappa shape index (κ3) is 3.88. The summed E-state index contributed by atoms with van der Waals surface area (Å²) in [5.41, 5.74) is -1.07. The fourth-order valence-corrected chi connectivity index (χ4v) is 2.34. The second kappa shape index (κ2) is 7.26. The number of H-pyrrole nitrogens is 1. The number of ether oxygens (including phenoxy) is 2. The molecule has 0 saturated carbocycles. The Balaban J connectivity index is 2.33. The van der Waals surface area contributed by atoms with Crippen molar-refractivity contribution in [2.24, 2.45) is 0 Å². The van der Waals surface area contributed by atoms with Gasteiger partial charge in [-0.3, -0.25) is 19.1 Å². The molecule has 8 heteroatoms. The number of carbonyl (C=O) groups excluding carboxylic acids is 1. The summed E-state index contributed by atoms with van der Waals surface area (Å²) in [4.78, 5) is 37.0. The van der Waals surface area contributed by atoms with Crippen molar-refractivity contribution in [1.82, 2.24) is 9.55 Å². The second-order valence-electron chi connectivity index (χ2n) is 5.06. The van der Waals surface area contributed by atoms with Crippen molar-refractivity contribution in [3.8, 4) is 11.8 Å². The van der Waals surface area contributed by atoms with E-state index in [4.69, 9.17) is 9.47 Å². The van der Waals surface area contributed by atoms with Gasteiger partial charge in [-0.2, -0.15) is 0 Å². The molecular weight excluding hydrogens is 304 g/mol. The van der Waals surface area contributed by atoms with Gasteiger partial charge in [0.15, 0.2) is 0 Å². The number of esters is 1. The maximum Gasteiger partial charge on any atom is 0.330 e. The molecule has 0 aliphatic carbocycles. The van der Waals surface area contributed by atoms with Crippen LogP contribution in [0.15, 0.2) is 15.8 Å². The van der Waals surface area contributed by atoms with E-state index in [2.05, 4.69) is 16.8 Å². The van der Waals surface area contributed by atoms with Crippen LogP contribution < -0.4 is 11.2 Å². The van der Waals surface area contributed by atoms with E-state index in [0.717, 1.165) is 0 Å². The van der Waals surface area contributed by atoms with E-state index < -0.39 is 35.7 Å². The van der Waals surface area contributed by atoms with Gasteiger partial charge in [0.05, 0.1) is 6.61 Å². The van der Waals surface area contributed by atoms with E-state index in [0.29, 0.717) is 6.42 Å². The highest BCUT2D eigenvalue weighted by Crippen LogP contribution is 2.29. The summed E-state index contributed by atoms with van der Waals surface area (Å²) >= 11 is 0. The summed E-state index contributed by atoms with van der Waals surface area (Å²) < 4.78 is 11.8. The van der Waals surface area contributed by atoms with Gasteiger partial charge >= 0.3 is 11.7 Å². The Bertz CT molecular complexity index is 754. The van der Waals surface area contributed by atoms with E-state index in [1.807, 2.05) is 6.92 Å². The Kier molecular flexibility index (Phi) is 5.36. The van der Waals surface area contributed by atoms with Gasteiger partial charge in [0.25, 0.3) is 5.56 Å². The fourth-order valence-electron chi connectivity index (χ4n) is 2.34. The molecule has 0 amide bonds. The van der Waals surface area contributed by atoms with Crippen molar-refractivity contribution >= 4 is 5.97 Å². The van der Waals surface area contributed by atoms with Crippen molar-refractivity contribution in [2.45, 2.75) is 45.1 Å². The largest absolute Gasteiger partial charge is 0.460 e. The molecule has 0 aromatic carbocycles. The maximum atomic E-state index is 12.0. The highest BCUT2D eigenvalue weighted by molar-refractivity contribution is 5.66. The van der Waals surface area contributed by atoms with Gasteiger partial charge in [-0.25, -0.2) is 4.79 Å². The number of aromatic nitrogens is 2. The number of carbonyl (C=O) groups is 1. The molecule has 2 heterocycles. The molecule has 0 bridgehead atoms. The molecule has 2 rings (SSSR count). The number of hydrogen-bond acceptors (Lipinski definition) is 6. The lowest BCUT2D eigenvalue weighted by atomic mass is 10.2. The quantitative estimate of drug-likeness (QED) is 0.574. The Morgan fingerprint density at radius 1 is 1.57 bits per heavy atom. The molecule has 1 aromatic rings. The topological polar surface area (TPSA) is 111 Å². The molecule has 8 nitrogen and oxygen atoms in total. The second-order valence-corrected chi connectivity index (χ2v) is 5.06. The lowest BCUT2D eigenvalue weighted by molar-refractivity contribution is -0.150. The first-order chi connectivity index (χ1) is 11.0. The van der Waals surface area contributed by atoms with E-state index in [9.17, 15) is 19.5 Å². The van der Waals surface area contributed by atoms with Crippen molar-refractivity contribution in [3.05, 3.63) is 32.6 Å². The average molecular weight is 322 g/mol. The summed E-state index contributed by atoms with van der Waals surface area (Å²) in [6.45, 7) is 2.74. The average Bonchev–Trinajstić information content (AvgIpc) is 2.88. The zero-order chi connectivity index (χ0) is 17.0. The van der Waals surface area contributed by atoms with Crippen LogP contribution in [0.3, 0.4) is 0 Å². The predicted octanol–water partition coefficient (Wildman–Crippen LogP) is -0.490. The summed E-state index contributed by atoms with van der Waals surface area (Å²) in [6, 6.07) is 0. The van der Waals surface area contributed by atoms with Crippen LogP contribution in [0.25, 0.3) is 0 Å². The van der Waals surface area contributed by atoms with Crippen LogP contribution in [0.4, 0.5) is 0 Å². The number of nitrogens with one attached hydrogen (secondary N) is 1. The number of hydrogen-bond donors (Lipinski definition) is 2. The normalized spacial score (nSPS) is 23.2. The SMILES string of the molecule is CCC#Cc1cn([C@H]2CC(OC(C)=O)[C@@H](CO)O2)c(=O)[nH]c1=O. The molecule has 1 aliphatic heterocycles. The first kappa shape index (κ1) is 17.0. The van der Waals surface area contributed by atoms with Crippen LogP contribution in [-0.4, -0.2) is 39.4 Å². The van der Waals surface area contributed by atoms with Crippen molar-refractivity contribution in [3.63, 3.8) is 0 Å². The molecule has 1 aromatic heterocycles. The Labute approximate surface area is 132 Å². The summed E-state index contributed by atoms with van der Waals surface area (Å²) in [5, 5.41) is 9.31. The number of aliphatic hydroxyl groups is 1. The summed E-state index contributed by atoms with van der Waals surface area (Å²) in [7, 11) is 0. The molecule has 2 N–H and O–H groups in total. The van der Waals surface area contributed by atoms with Crippen molar-refractivity contribution in [1.29, 1.82) is 0 Å². The van der Waals surface area contributed by atoms with E-state index in [-0.39, 0.29) is 18.6 Å². The van der Waals surface area contributed by atoms with Crippen molar-refractivity contribution in [2.75, 3.05) is 6.61 Å². The molecule has 0 radical (unpaired) electrons. The minimum absolute atomic E-state index is 0.145. The van der Waals surface area contributed by atoms with Gasteiger partial charge in [-0.05, 0) is 0 Å². The minimum Gasteiger partial charge on any atom is -0.460 e. The van der Waals surface area contributed by atoms with Crippen molar-refractivity contribution < 1.29 is 19.4 Å². The zero-order valence-corrected chi connectivity index (χ0v) is 12.9. The number of nitrogens with zero attached hydrogens (tertiary/aromatic N) is 1. The zero-order valence-electron chi connectivity index (χ0n) is 12.9. The standard InChI is InChI=1S/C15H18N2O6/c1-3-4-5-10-7-17(15(21)16-14(10)20)13-6-11(22-9(2)19)12(8-18)23-13/h7,11-13,18H,3,6,8H2,1-2H3,(H,16,20,21)/t11?,12-,13-/m1/s1. The fraction of sp³-hybridized carbons (Fsp3) is 0.533. The smallest absolute Gasteiger partial charge is 0.330 e. The van der Waals surface area contributed by atoms with Gasteiger partial charge < -0.3 is 14.6 Å². The Morgan fingerprint density at radius 2 is 2.30 bits per heavy atom. The van der Waals surface area contributed by atoms with Gasteiger partial charge in [0.2, 0.25) is 0 Å². The van der Waals surface area contributed by atoms with E-state index in [1.165, 1.54) is 17.7 Å². The van der Waals surface area contributed by atoms with Gasteiger partial charge in [-0.1, -0.05) is 18.8 Å². The molecule has 1 aliphatic rings. The number of aromatic amines is 1. The van der Waals surface area contributed by atoms with E-state index >= 15 is 0 Å². The van der Waals surface area contributed by atoms with Gasteiger partial charge in [0.1, 0.15) is 24.0 Å². The minimum atomic E-state index is -0.761. The Morgan fingerprint density at radius 3 is 2.91 bits per heavy atom. The monoisotopic (exact) mass is 322 g/mol. The van der Waals surface area contributed by atoms with Crippen LogP contribution in [0.5, 0.6) is 0 Å². The summed E-state index contributed by atoms with van der Waals surface area (Å²) in [6.07, 6.45) is -0.0711. The molecule has 1 saturated heterocycles. The lowest BCUT2D eigenvalue weighted by Crippen LogP contribution is -2.33. The Hall–Kier alpha value is -2.37. The third-order valence-corrected chi connectivity index (χ3v) is 3.36. The third-order valence-electron chi connectivity index (χ3n) is 3.36. The molecule has 0 spiro atoms.